The molecule has 2 saturated heterocycles. The number of carbonyl (C=O) groups excluding carboxylic acids is 4. The van der Waals surface area contributed by atoms with Crippen molar-refractivity contribution in [3.63, 3.8) is 0 Å². The standard InChI is InChI=1S/C24H25Cl2N5O4/c1-14-4-7-17(8-5-14)31-21(32)12-20(23(31)34)30-10-2-3-15(13-30)22(33)28-29-24(35)27-16-6-9-18(25)19(26)11-16/h4-9,11,15,20H,2-3,10,12-13H2,1H3,(H,28,33)(H2,27,29,35). The van der Waals surface area contributed by atoms with Gasteiger partial charge in [-0.15, -0.1) is 0 Å². The Hall–Kier alpha value is -3.14. The van der Waals surface area contributed by atoms with Gasteiger partial charge >= 0.3 is 6.03 Å². The molecule has 0 radical (unpaired) electrons. The lowest BCUT2D eigenvalue weighted by atomic mass is 9.95. The number of halogens is 2. The van der Waals surface area contributed by atoms with Crippen molar-refractivity contribution < 1.29 is 19.2 Å². The van der Waals surface area contributed by atoms with E-state index >= 15 is 0 Å². The fraction of sp³-hybridized carbons (Fsp3) is 0.333. The van der Waals surface area contributed by atoms with E-state index in [2.05, 4.69) is 16.2 Å². The molecule has 2 aliphatic heterocycles. The molecule has 2 aromatic rings. The number of hydrogen-bond donors (Lipinski definition) is 3. The molecule has 184 valence electrons. The number of nitrogens with zero attached hydrogens (tertiary/aromatic N) is 2. The van der Waals surface area contributed by atoms with Gasteiger partial charge in [0, 0.05) is 12.2 Å². The molecule has 2 aliphatic rings. The minimum Gasteiger partial charge on any atom is -0.307 e. The van der Waals surface area contributed by atoms with Crippen LogP contribution < -0.4 is 21.1 Å². The Balaban J connectivity index is 1.32. The summed E-state index contributed by atoms with van der Waals surface area (Å²) < 4.78 is 0. The van der Waals surface area contributed by atoms with Crippen LogP contribution in [-0.2, 0) is 14.4 Å². The number of urea groups is 1. The normalized spacial score (nSPS) is 20.6. The highest BCUT2D eigenvalue weighted by Crippen LogP contribution is 2.29. The molecule has 2 aromatic carbocycles. The first-order valence-corrected chi connectivity index (χ1v) is 12.0. The van der Waals surface area contributed by atoms with E-state index in [-0.39, 0.29) is 29.2 Å². The highest BCUT2D eigenvalue weighted by atomic mass is 35.5. The summed E-state index contributed by atoms with van der Waals surface area (Å²) in [5.74, 6) is -1.34. The van der Waals surface area contributed by atoms with Gasteiger partial charge in [0.1, 0.15) is 0 Å². The number of aryl methyl sites for hydroxylation is 1. The third kappa shape index (κ3) is 5.75. The number of rotatable bonds is 4. The fourth-order valence-electron chi connectivity index (χ4n) is 4.33. The topological polar surface area (TPSA) is 111 Å². The SMILES string of the molecule is Cc1ccc(N2C(=O)CC(N3CCCC(C(=O)NNC(=O)Nc4ccc(Cl)c(Cl)c4)C3)C2=O)cc1. The van der Waals surface area contributed by atoms with Crippen LogP contribution in [0.4, 0.5) is 16.2 Å². The third-order valence-electron chi connectivity index (χ3n) is 6.16. The lowest BCUT2D eigenvalue weighted by Gasteiger charge is -2.34. The van der Waals surface area contributed by atoms with Crippen molar-refractivity contribution in [1.82, 2.24) is 15.8 Å². The summed E-state index contributed by atoms with van der Waals surface area (Å²) in [6.45, 7) is 2.86. The van der Waals surface area contributed by atoms with Crippen molar-refractivity contribution in [3.05, 3.63) is 58.1 Å². The minimum atomic E-state index is -0.644. The molecule has 2 fully saturated rings. The number of imide groups is 1. The van der Waals surface area contributed by atoms with E-state index < -0.39 is 18.0 Å². The Labute approximate surface area is 212 Å². The Morgan fingerprint density at radius 3 is 2.46 bits per heavy atom. The Morgan fingerprint density at radius 1 is 1.00 bits per heavy atom. The molecule has 11 heteroatoms. The van der Waals surface area contributed by atoms with Crippen LogP contribution in [0.2, 0.25) is 10.0 Å². The van der Waals surface area contributed by atoms with Gasteiger partial charge in [0.05, 0.1) is 34.1 Å². The molecule has 2 heterocycles. The van der Waals surface area contributed by atoms with Gasteiger partial charge in [0.2, 0.25) is 11.8 Å². The average molecular weight is 518 g/mol. The molecule has 3 N–H and O–H groups in total. The van der Waals surface area contributed by atoms with Crippen molar-refractivity contribution in [2.45, 2.75) is 32.2 Å². The summed E-state index contributed by atoms with van der Waals surface area (Å²) in [6, 6.07) is 10.6. The highest BCUT2D eigenvalue weighted by Gasteiger charge is 2.44. The van der Waals surface area contributed by atoms with Crippen LogP contribution in [0.15, 0.2) is 42.5 Å². The van der Waals surface area contributed by atoms with Gasteiger partial charge in [0.15, 0.2) is 0 Å². The first kappa shape index (κ1) is 25.0. The molecule has 0 bridgehead atoms. The first-order chi connectivity index (χ1) is 16.7. The Kier molecular flexibility index (Phi) is 7.59. The molecule has 2 atom stereocenters. The number of hydrazine groups is 1. The lowest BCUT2D eigenvalue weighted by molar-refractivity contribution is -0.130. The van der Waals surface area contributed by atoms with Crippen LogP contribution in [0.3, 0.4) is 0 Å². The molecule has 35 heavy (non-hydrogen) atoms. The van der Waals surface area contributed by atoms with E-state index in [1.54, 1.807) is 24.3 Å². The van der Waals surface area contributed by atoms with E-state index in [4.69, 9.17) is 23.2 Å². The van der Waals surface area contributed by atoms with Gasteiger partial charge in [-0.25, -0.2) is 15.1 Å². The number of nitrogens with one attached hydrogen (secondary N) is 3. The molecule has 4 rings (SSSR count). The second-order valence-corrected chi connectivity index (χ2v) is 9.47. The van der Waals surface area contributed by atoms with Crippen LogP contribution >= 0.6 is 23.2 Å². The van der Waals surface area contributed by atoms with Crippen molar-refractivity contribution in [1.29, 1.82) is 0 Å². The predicted molar refractivity (Wildman–Crippen MR) is 133 cm³/mol. The van der Waals surface area contributed by atoms with Crippen LogP contribution in [0.5, 0.6) is 0 Å². The summed E-state index contributed by atoms with van der Waals surface area (Å²) in [6.07, 6.45) is 1.37. The zero-order valence-corrected chi connectivity index (χ0v) is 20.5. The lowest BCUT2D eigenvalue weighted by Crippen LogP contribution is -2.52. The number of piperidine rings is 1. The molecular formula is C24H25Cl2N5O4. The van der Waals surface area contributed by atoms with E-state index in [1.807, 2.05) is 24.0 Å². The summed E-state index contributed by atoms with van der Waals surface area (Å²) in [4.78, 5) is 53.7. The zero-order valence-electron chi connectivity index (χ0n) is 19.0. The molecular weight excluding hydrogens is 493 g/mol. The number of benzene rings is 2. The summed E-state index contributed by atoms with van der Waals surface area (Å²) in [7, 11) is 0. The Bertz CT molecular complexity index is 1160. The Morgan fingerprint density at radius 2 is 1.74 bits per heavy atom. The molecule has 0 saturated carbocycles. The van der Waals surface area contributed by atoms with Crippen molar-refractivity contribution in [2.75, 3.05) is 23.3 Å². The minimum absolute atomic E-state index is 0.0748. The quantitative estimate of drug-likeness (QED) is 0.424. The fourth-order valence-corrected chi connectivity index (χ4v) is 4.62. The van der Waals surface area contributed by atoms with Crippen LogP contribution in [-0.4, -0.2) is 47.8 Å². The van der Waals surface area contributed by atoms with Gasteiger partial charge in [0.25, 0.3) is 5.91 Å². The van der Waals surface area contributed by atoms with E-state index in [9.17, 15) is 19.2 Å². The average Bonchev–Trinajstić information content (AvgIpc) is 3.14. The predicted octanol–water partition coefficient (Wildman–Crippen LogP) is 3.50. The summed E-state index contributed by atoms with van der Waals surface area (Å²) >= 11 is 11.8. The van der Waals surface area contributed by atoms with Crippen molar-refractivity contribution in [2.24, 2.45) is 5.92 Å². The van der Waals surface area contributed by atoms with Gasteiger partial charge < -0.3 is 5.32 Å². The third-order valence-corrected chi connectivity index (χ3v) is 6.90. The van der Waals surface area contributed by atoms with Gasteiger partial charge in [-0.3, -0.25) is 24.7 Å². The van der Waals surface area contributed by atoms with E-state index in [0.29, 0.717) is 42.3 Å². The number of likely N-dealkylation sites (tertiary alicyclic amines) is 1. The molecule has 5 amide bonds. The first-order valence-electron chi connectivity index (χ1n) is 11.2. The zero-order chi connectivity index (χ0) is 25.1. The number of carbonyl (C=O) groups is 4. The number of anilines is 2. The highest BCUT2D eigenvalue weighted by molar-refractivity contribution is 6.42. The monoisotopic (exact) mass is 517 g/mol. The smallest absolute Gasteiger partial charge is 0.307 e. The van der Waals surface area contributed by atoms with Crippen molar-refractivity contribution >= 4 is 58.3 Å². The summed E-state index contributed by atoms with van der Waals surface area (Å²) in [5, 5.41) is 3.20. The summed E-state index contributed by atoms with van der Waals surface area (Å²) in [5.41, 5.74) is 6.75. The molecule has 0 spiro atoms. The largest absolute Gasteiger partial charge is 0.337 e. The second-order valence-electron chi connectivity index (χ2n) is 8.65. The maximum absolute atomic E-state index is 13.1. The second kappa shape index (κ2) is 10.6. The van der Waals surface area contributed by atoms with Gasteiger partial charge in [-0.1, -0.05) is 40.9 Å². The molecule has 9 nitrogen and oxygen atoms in total. The van der Waals surface area contributed by atoms with Crippen LogP contribution in [0, 0.1) is 12.8 Å². The van der Waals surface area contributed by atoms with E-state index in [1.165, 1.54) is 11.0 Å². The molecule has 0 aromatic heterocycles. The molecule has 2 unspecified atom stereocenters. The maximum Gasteiger partial charge on any atom is 0.337 e. The maximum atomic E-state index is 13.1. The van der Waals surface area contributed by atoms with E-state index in [0.717, 1.165) is 5.56 Å². The van der Waals surface area contributed by atoms with Crippen LogP contribution in [0.25, 0.3) is 0 Å². The van der Waals surface area contributed by atoms with Gasteiger partial charge in [-0.2, -0.15) is 0 Å². The van der Waals surface area contributed by atoms with Crippen molar-refractivity contribution in [3.8, 4) is 0 Å². The van der Waals surface area contributed by atoms with Crippen LogP contribution in [0.1, 0.15) is 24.8 Å². The number of hydrogen-bond acceptors (Lipinski definition) is 5. The van der Waals surface area contributed by atoms with Gasteiger partial charge in [-0.05, 0) is 56.6 Å². The number of amides is 5. The molecule has 0 aliphatic carbocycles.